The number of aryl methyl sites for hydroxylation is 1. The number of quaternary nitrogens is 1. The standard InChI is InChI=1S/C10H15NO.BrH/c1-8-5-6-9(7-10(8)12)11(2,3)4;/h5-7H,1-4H3;1H. The van der Waals surface area contributed by atoms with Crippen LogP contribution in [0.5, 0.6) is 5.75 Å². The molecule has 0 atom stereocenters. The van der Waals surface area contributed by atoms with Crippen molar-refractivity contribution in [3.63, 3.8) is 0 Å². The van der Waals surface area contributed by atoms with E-state index in [2.05, 4.69) is 0 Å². The molecule has 74 valence electrons. The lowest BCUT2D eigenvalue weighted by Gasteiger charge is -2.25. The van der Waals surface area contributed by atoms with Gasteiger partial charge in [-0.1, -0.05) is 11.6 Å². The van der Waals surface area contributed by atoms with Gasteiger partial charge in [-0.2, -0.15) is 0 Å². The Morgan fingerprint density at radius 3 is 2.08 bits per heavy atom. The average Bonchev–Trinajstić information content (AvgIpc) is 1.92. The Labute approximate surface area is 90.2 Å². The van der Waals surface area contributed by atoms with Gasteiger partial charge in [-0.15, -0.1) is 22.7 Å². The molecule has 0 aliphatic heterocycles. The van der Waals surface area contributed by atoms with Crippen LogP contribution in [0.2, 0.25) is 0 Å². The zero-order chi connectivity index (χ0) is 9.35. The third kappa shape index (κ3) is 3.01. The van der Waals surface area contributed by atoms with E-state index in [1.165, 1.54) is 0 Å². The zero-order valence-electron chi connectivity index (χ0n) is 8.50. The van der Waals surface area contributed by atoms with Crippen LogP contribution in [-0.2, 0) is 0 Å². The topological polar surface area (TPSA) is 23.1 Å². The molecule has 1 rings (SSSR count). The summed E-state index contributed by atoms with van der Waals surface area (Å²) in [5.74, 6) is 0.126. The molecule has 0 aromatic heterocycles. The maximum Gasteiger partial charge on any atom is 0.131 e. The average molecular weight is 246 g/mol. The monoisotopic (exact) mass is 245 g/mol. The lowest BCUT2D eigenvalue weighted by molar-refractivity contribution is -0.269. The normalized spacial score (nSPS) is 10.8. The highest BCUT2D eigenvalue weighted by Crippen LogP contribution is 2.23. The van der Waals surface area contributed by atoms with Gasteiger partial charge in [-0.05, 0) is 19.1 Å². The smallest absolute Gasteiger partial charge is 0.131 e. The van der Waals surface area contributed by atoms with Crippen LogP contribution in [0.15, 0.2) is 18.2 Å². The third-order valence-electron chi connectivity index (χ3n) is 1.95. The molecule has 0 aliphatic carbocycles. The Morgan fingerprint density at radius 2 is 1.69 bits per heavy atom. The van der Waals surface area contributed by atoms with Gasteiger partial charge in [0.05, 0.1) is 21.1 Å². The molecular formula is C10H16BrNO. The summed E-state index contributed by atoms with van der Waals surface area (Å²) in [7, 11) is 6.14. The quantitative estimate of drug-likeness (QED) is 0.693. The van der Waals surface area contributed by atoms with Gasteiger partial charge in [0.25, 0.3) is 0 Å². The first kappa shape index (κ1) is 12.5. The molecule has 0 N–H and O–H groups in total. The van der Waals surface area contributed by atoms with Crippen LogP contribution in [0.1, 0.15) is 5.56 Å². The van der Waals surface area contributed by atoms with E-state index < -0.39 is 0 Å². The molecule has 0 saturated carbocycles. The summed E-state index contributed by atoms with van der Waals surface area (Å²) in [4.78, 5) is 0. The number of halogens is 1. The number of benzene rings is 1. The van der Waals surface area contributed by atoms with E-state index >= 15 is 0 Å². The minimum absolute atomic E-state index is 0. The van der Waals surface area contributed by atoms with E-state index in [0.29, 0.717) is 4.48 Å². The van der Waals surface area contributed by atoms with Gasteiger partial charge in [0.1, 0.15) is 5.69 Å². The first-order valence-electron chi connectivity index (χ1n) is 4.01. The van der Waals surface area contributed by atoms with Crippen molar-refractivity contribution in [1.29, 1.82) is 0 Å². The van der Waals surface area contributed by atoms with Crippen LogP contribution in [-0.4, -0.2) is 21.1 Å². The Hall–Kier alpha value is -0.540. The summed E-state index contributed by atoms with van der Waals surface area (Å²) < 4.78 is 0.690. The molecule has 0 aliphatic rings. The van der Waals surface area contributed by atoms with Crippen LogP contribution in [0.25, 0.3) is 0 Å². The second kappa shape index (κ2) is 4.11. The van der Waals surface area contributed by atoms with Crippen LogP contribution in [0.3, 0.4) is 0 Å². The lowest BCUT2D eigenvalue weighted by Crippen LogP contribution is -2.34. The zero-order valence-corrected chi connectivity index (χ0v) is 10.2. The Bertz CT molecular complexity index is 291. The van der Waals surface area contributed by atoms with Crippen molar-refractivity contribution in [2.75, 3.05) is 21.1 Å². The predicted octanol–water partition coefficient (Wildman–Crippen LogP) is 1.84. The minimum atomic E-state index is 0. The first-order valence-corrected chi connectivity index (χ1v) is 4.01. The van der Waals surface area contributed by atoms with E-state index in [-0.39, 0.29) is 22.7 Å². The fraction of sp³-hybridized carbons (Fsp3) is 0.400. The van der Waals surface area contributed by atoms with Crippen molar-refractivity contribution < 1.29 is 5.11 Å². The molecule has 0 spiro atoms. The summed E-state index contributed by atoms with van der Waals surface area (Å²) in [5.41, 5.74) is 1.86. The molecule has 13 heavy (non-hydrogen) atoms. The summed E-state index contributed by atoms with van der Waals surface area (Å²) >= 11 is 0. The van der Waals surface area contributed by atoms with Gasteiger partial charge in [-0.3, -0.25) is 4.48 Å². The lowest BCUT2D eigenvalue weighted by atomic mass is 10.2. The molecule has 0 radical (unpaired) electrons. The first-order chi connectivity index (χ1) is 5.41. The molecular weight excluding hydrogens is 230 g/mol. The van der Waals surface area contributed by atoms with Crippen LogP contribution in [0.4, 0.5) is 5.69 Å². The fourth-order valence-corrected chi connectivity index (χ4v) is 1.01. The van der Waals surface area contributed by atoms with Crippen LogP contribution in [0, 0.1) is 6.92 Å². The molecule has 1 aromatic rings. The van der Waals surface area contributed by atoms with E-state index in [1.807, 2.05) is 40.2 Å². The molecule has 0 fully saturated rings. The highest BCUT2D eigenvalue weighted by Gasteiger charge is 2.10. The van der Waals surface area contributed by atoms with Gasteiger partial charge in [-0.25, -0.2) is 0 Å². The largest absolute Gasteiger partial charge is 0.872 e. The Kier molecular flexibility index (Phi) is 3.94. The number of rotatable bonds is 1. The van der Waals surface area contributed by atoms with Crippen molar-refractivity contribution in [2.45, 2.75) is 6.92 Å². The highest BCUT2D eigenvalue weighted by atomic mass is 79.9. The van der Waals surface area contributed by atoms with Gasteiger partial charge < -0.3 is 5.11 Å². The molecule has 1 aromatic carbocycles. The minimum Gasteiger partial charge on any atom is -0.872 e. The van der Waals surface area contributed by atoms with Crippen molar-refractivity contribution in [1.82, 2.24) is 4.48 Å². The maximum atomic E-state index is 11.3. The van der Waals surface area contributed by atoms with E-state index in [4.69, 9.17) is 0 Å². The van der Waals surface area contributed by atoms with E-state index in [9.17, 15) is 5.11 Å². The summed E-state index contributed by atoms with van der Waals surface area (Å²) in [6.07, 6.45) is 0. The van der Waals surface area contributed by atoms with Crippen LogP contribution < -0.4 is 9.59 Å². The summed E-state index contributed by atoms with van der Waals surface area (Å²) in [5, 5.41) is 11.3. The Balaban J connectivity index is 0.00000144. The van der Waals surface area contributed by atoms with E-state index in [1.54, 1.807) is 6.07 Å². The second-order valence-corrected chi connectivity index (χ2v) is 3.96. The Morgan fingerprint density at radius 1 is 1.15 bits per heavy atom. The highest BCUT2D eigenvalue weighted by molar-refractivity contribution is 8.93. The maximum absolute atomic E-state index is 11.3. The molecule has 3 heteroatoms. The molecule has 0 bridgehead atoms. The van der Waals surface area contributed by atoms with Crippen molar-refractivity contribution in [2.24, 2.45) is 0 Å². The van der Waals surface area contributed by atoms with E-state index in [0.717, 1.165) is 11.3 Å². The van der Waals surface area contributed by atoms with Crippen LogP contribution >= 0.6 is 17.0 Å². The number of hydrogen-bond acceptors (Lipinski definition) is 1. The van der Waals surface area contributed by atoms with Crippen molar-refractivity contribution in [3.8, 4) is 5.75 Å². The third-order valence-corrected chi connectivity index (χ3v) is 1.95. The number of nitrogens with zero attached hydrogens (tertiary/aromatic N) is 1. The molecule has 0 saturated heterocycles. The van der Waals surface area contributed by atoms with Gasteiger partial charge in [0.2, 0.25) is 0 Å². The summed E-state index contributed by atoms with van der Waals surface area (Å²) in [6.45, 7) is 1.84. The molecule has 2 nitrogen and oxygen atoms in total. The number of hydrogen-bond donors (Lipinski definition) is 0. The van der Waals surface area contributed by atoms with Gasteiger partial charge in [0, 0.05) is 0 Å². The molecule has 0 unspecified atom stereocenters. The molecule has 0 amide bonds. The van der Waals surface area contributed by atoms with Gasteiger partial charge >= 0.3 is 0 Å². The molecule has 0 heterocycles. The predicted molar refractivity (Wildman–Crippen MR) is 60.5 cm³/mol. The van der Waals surface area contributed by atoms with Crippen molar-refractivity contribution in [3.05, 3.63) is 23.8 Å². The fourth-order valence-electron chi connectivity index (χ4n) is 1.01. The van der Waals surface area contributed by atoms with Gasteiger partial charge in [0.15, 0.2) is 0 Å². The summed E-state index contributed by atoms with van der Waals surface area (Å²) in [6, 6.07) is 5.58. The second-order valence-electron chi connectivity index (χ2n) is 3.96. The SMILES string of the molecule is Br.Cc1ccc([N+](C)(C)C)cc1[O-]. The van der Waals surface area contributed by atoms with Crippen molar-refractivity contribution >= 4 is 22.7 Å².